The second kappa shape index (κ2) is 3.88. The fourth-order valence-corrected chi connectivity index (χ4v) is 3.37. The lowest BCUT2D eigenvalue weighted by Gasteiger charge is -2.21. The quantitative estimate of drug-likeness (QED) is 0.528. The maximum Gasteiger partial charge on any atom is 0.0849 e. The SMILES string of the molecule is C=[C][Si](CC)(CC)CC. The Morgan fingerprint density at radius 2 is 1.44 bits per heavy atom. The van der Waals surface area contributed by atoms with Gasteiger partial charge in [0.05, 0.1) is 8.07 Å². The predicted octanol–water partition coefficient (Wildman–Crippen LogP) is 3.02. The van der Waals surface area contributed by atoms with E-state index in [0.29, 0.717) is 0 Å². The van der Waals surface area contributed by atoms with Crippen molar-refractivity contribution >= 4 is 8.07 Å². The molecule has 0 rings (SSSR count). The highest BCUT2D eigenvalue weighted by Crippen LogP contribution is 2.19. The summed E-state index contributed by atoms with van der Waals surface area (Å²) < 4.78 is 0. The molecule has 0 saturated carbocycles. The Bertz CT molecular complexity index is 74.3. The van der Waals surface area contributed by atoms with Crippen molar-refractivity contribution in [2.75, 3.05) is 0 Å². The van der Waals surface area contributed by atoms with Gasteiger partial charge in [-0.25, -0.2) is 0 Å². The molecule has 0 unspecified atom stereocenters. The fourth-order valence-electron chi connectivity index (χ4n) is 1.12. The molecule has 0 aliphatic rings. The van der Waals surface area contributed by atoms with Crippen LogP contribution in [-0.4, -0.2) is 8.07 Å². The Balaban J connectivity index is 3.98. The van der Waals surface area contributed by atoms with Crippen molar-refractivity contribution in [3.05, 3.63) is 12.3 Å². The molecule has 53 valence electrons. The van der Waals surface area contributed by atoms with E-state index < -0.39 is 8.07 Å². The van der Waals surface area contributed by atoms with Gasteiger partial charge in [0.2, 0.25) is 0 Å². The molecule has 0 aliphatic carbocycles. The van der Waals surface area contributed by atoms with E-state index in [0.717, 1.165) is 0 Å². The van der Waals surface area contributed by atoms with Crippen LogP contribution in [0.1, 0.15) is 20.8 Å². The van der Waals surface area contributed by atoms with Crippen LogP contribution < -0.4 is 0 Å². The van der Waals surface area contributed by atoms with Crippen LogP contribution in [0.3, 0.4) is 0 Å². The van der Waals surface area contributed by atoms with Crippen molar-refractivity contribution in [3.63, 3.8) is 0 Å². The van der Waals surface area contributed by atoms with Crippen molar-refractivity contribution in [2.24, 2.45) is 0 Å². The van der Waals surface area contributed by atoms with E-state index in [1.54, 1.807) is 0 Å². The van der Waals surface area contributed by atoms with Gasteiger partial charge in [-0.15, -0.1) is 0 Å². The van der Waals surface area contributed by atoms with Gasteiger partial charge < -0.3 is 0 Å². The molecule has 0 aromatic carbocycles. The molecule has 0 bridgehead atoms. The summed E-state index contributed by atoms with van der Waals surface area (Å²) in [6, 6.07) is 3.93. The smallest absolute Gasteiger partial charge is 0.0849 e. The highest BCUT2D eigenvalue weighted by Gasteiger charge is 2.21. The molecule has 0 fully saturated rings. The number of hydrogen-bond acceptors (Lipinski definition) is 0. The summed E-state index contributed by atoms with van der Waals surface area (Å²) in [5, 5.41) is 0. The summed E-state index contributed by atoms with van der Waals surface area (Å²) in [5.41, 5.74) is 3.25. The van der Waals surface area contributed by atoms with E-state index in [2.05, 4.69) is 33.0 Å². The maximum atomic E-state index is 3.78. The maximum absolute atomic E-state index is 3.78. The van der Waals surface area contributed by atoms with Gasteiger partial charge in [-0.1, -0.05) is 51.2 Å². The van der Waals surface area contributed by atoms with E-state index in [1.165, 1.54) is 18.1 Å². The summed E-state index contributed by atoms with van der Waals surface area (Å²) in [6.07, 6.45) is 0. The molecule has 0 saturated heterocycles. The Morgan fingerprint density at radius 3 is 1.44 bits per heavy atom. The molecule has 0 atom stereocenters. The normalized spacial score (nSPS) is 11.4. The van der Waals surface area contributed by atoms with Gasteiger partial charge in [0, 0.05) is 0 Å². The number of hydrogen-bond donors (Lipinski definition) is 0. The van der Waals surface area contributed by atoms with Crippen molar-refractivity contribution in [1.82, 2.24) is 0 Å². The minimum Gasteiger partial charge on any atom is -0.0999 e. The molecule has 0 aromatic heterocycles. The minimum atomic E-state index is -1.05. The molecule has 0 amide bonds. The highest BCUT2D eigenvalue weighted by atomic mass is 28.3. The topological polar surface area (TPSA) is 0 Å². The molecule has 1 radical (unpaired) electrons. The van der Waals surface area contributed by atoms with E-state index in [4.69, 9.17) is 0 Å². The second-order valence-electron chi connectivity index (χ2n) is 2.52. The van der Waals surface area contributed by atoms with E-state index in [9.17, 15) is 0 Å². The molecule has 1 heteroatoms. The van der Waals surface area contributed by atoms with Gasteiger partial charge in [-0.3, -0.25) is 0 Å². The van der Waals surface area contributed by atoms with Gasteiger partial charge in [0.25, 0.3) is 0 Å². The van der Waals surface area contributed by atoms with Gasteiger partial charge in [-0.05, 0) is 0 Å². The molecule has 0 spiro atoms. The Kier molecular flexibility index (Phi) is 3.87. The molecule has 0 aliphatic heterocycles. The summed E-state index contributed by atoms with van der Waals surface area (Å²) >= 11 is 0. The van der Waals surface area contributed by atoms with Crippen LogP contribution in [0.5, 0.6) is 0 Å². The number of rotatable bonds is 4. The van der Waals surface area contributed by atoms with Crippen molar-refractivity contribution in [3.8, 4) is 0 Å². The Hall–Kier alpha value is -0.0431. The first-order valence-corrected chi connectivity index (χ1v) is 6.41. The molecule has 0 N–H and O–H groups in total. The van der Waals surface area contributed by atoms with Gasteiger partial charge in [-0.2, -0.15) is 0 Å². The summed E-state index contributed by atoms with van der Waals surface area (Å²) in [7, 11) is -1.05. The third-order valence-electron chi connectivity index (χ3n) is 2.41. The van der Waals surface area contributed by atoms with Gasteiger partial charge >= 0.3 is 0 Å². The van der Waals surface area contributed by atoms with Crippen LogP contribution >= 0.6 is 0 Å². The Labute approximate surface area is 60.0 Å². The van der Waals surface area contributed by atoms with Crippen molar-refractivity contribution < 1.29 is 0 Å². The van der Waals surface area contributed by atoms with E-state index in [1.807, 2.05) is 0 Å². The fraction of sp³-hybridized carbons (Fsp3) is 0.750. The first-order valence-electron chi connectivity index (χ1n) is 3.79. The lowest BCUT2D eigenvalue weighted by Crippen LogP contribution is -2.28. The lowest BCUT2D eigenvalue weighted by atomic mass is 10.9. The first-order chi connectivity index (χ1) is 4.24. The van der Waals surface area contributed by atoms with Crippen LogP contribution in [0.25, 0.3) is 0 Å². The van der Waals surface area contributed by atoms with Crippen molar-refractivity contribution in [2.45, 2.75) is 38.9 Å². The van der Waals surface area contributed by atoms with Crippen LogP contribution in [-0.2, 0) is 0 Å². The average Bonchev–Trinajstić information content (AvgIpc) is 1.95. The predicted molar refractivity (Wildman–Crippen MR) is 46.1 cm³/mol. The third-order valence-corrected chi connectivity index (χ3v) is 7.22. The van der Waals surface area contributed by atoms with Crippen LogP contribution in [0.2, 0.25) is 18.1 Å². The molecular weight excluding hydrogens is 124 g/mol. The lowest BCUT2D eigenvalue weighted by molar-refractivity contribution is 1.19. The minimum absolute atomic E-state index is 1.05. The van der Waals surface area contributed by atoms with E-state index in [-0.39, 0.29) is 0 Å². The zero-order chi connectivity index (χ0) is 7.33. The Morgan fingerprint density at radius 1 is 1.11 bits per heavy atom. The second-order valence-corrected chi connectivity index (χ2v) is 7.55. The summed E-state index contributed by atoms with van der Waals surface area (Å²) in [4.78, 5) is 0. The summed E-state index contributed by atoms with van der Waals surface area (Å²) in [5.74, 6) is 0. The molecule has 0 nitrogen and oxygen atoms in total. The zero-order valence-corrected chi connectivity index (χ0v) is 7.83. The van der Waals surface area contributed by atoms with Gasteiger partial charge in [0.1, 0.15) is 0 Å². The van der Waals surface area contributed by atoms with Crippen LogP contribution in [0.15, 0.2) is 6.58 Å². The molecular formula is C8H17Si. The van der Waals surface area contributed by atoms with Crippen molar-refractivity contribution in [1.29, 1.82) is 0 Å². The van der Waals surface area contributed by atoms with Gasteiger partial charge in [0.15, 0.2) is 0 Å². The standard InChI is InChI=1S/C8H17Si/c1-5-9(6-2,7-3)8-4/h1,6-8H2,2-4H3. The van der Waals surface area contributed by atoms with Crippen LogP contribution in [0.4, 0.5) is 0 Å². The van der Waals surface area contributed by atoms with E-state index >= 15 is 0 Å². The van der Waals surface area contributed by atoms with Crippen LogP contribution in [0, 0.1) is 5.70 Å². The zero-order valence-electron chi connectivity index (χ0n) is 6.83. The molecule has 0 heterocycles. The average molecular weight is 141 g/mol. The highest BCUT2D eigenvalue weighted by molar-refractivity contribution is 6.82. The largest absolute Gasteiger partial charge is 0.0999 e. The first kappa shape index (κ1) is 8.96. The summed E-state index contributed by atoms with van der Waals surface area (Å²) in [6.45, 7) is 10.6. The third kappa shape index (κ3) is 1.97. The molecule has 0 aromatic rings. The monoisotopic (exact) mass is 141 g/mol. The molecule has 9 heavy (non-hydrogen) atoms.